The Labute approximate surface area is 121 Å². The summed E-state index contributed by atoms with van der Waals surface area (Å²) in [5.74, 6) is 0.295. The molecule has 0 fully saturated rings. The van der Waals surface area contributed by atoms with Crippen molar-refractivity contribution >= 4 is 6.98 Å². The van der Waals surface area contributed by atoms with E-state index < -0.39 is 13.4 Å². The zero-order chi connectivity index (χ0) is 9.78. The zero-order valence-corrected chi connectivity index (χ0v) is 12.0. The van der Waals surface area contributed by atoms with Gasteiger partial charge in [-0.25, -0.2) is 0 Å². The number of hydrogen-bond acceptors (Lipinski definition) is 1. The maximum Gasteiger partial charge on any atom is 1.00 e. The first kappa shape index (κ1) is 16.9. The van der Waals surface area contributed by atoms with E-state index in [1.54, 1.807) is 6.92 Å². The third-order valence-corrected chi connectivity index (χ3v) is 1.54. The fourth-order valence-corrected chi connectivity index (χ4v) is 1.14. The molecule has 0 aliphatic rings. The molecule has 6 heteroatoms. The Morgan fingerprint density at radius 2 is 1.69 bits per heavy atom. The van der Waals surface area contributed by atoms with Crippen LogP contribution in [-0.2, 0) is 0 Å². The van der Waals surface area contributed by atoms with Gasteiger partial charge in [0.15, 0.2) is 0 Å². The molecule has 0 spiro atoms. The Balaban J connectivity index is 0. The molecule has 1 nitrogen and oxygen atoms in total. The Bertz CT molecular complexity index is 129. The maximum absolute atomic E-state index is 12.0. The summed E-state index contributed by atoms with van der Waals surface area (Å²) in [5, 5.41) is 0. The van der Waals surface area contributed by atoms with Crippen LogP contribution in [0.3, 0.4) is 0 Å². The Hall–Kier alpha value is 1.45. The van der Waals surface area contributed by atoms with Gasteiger partial charge in [0.2, 0.25) is 0 Å². The fraction of sp³-hybridized carbons (Fsp3) is 1.00. The van der Waals surface area contributed by atoms with Crippen LogP contribution in [0.5, 0.6) is 0 Å². The van der Waals surface area contributed by atoms with Gasteiger partial charge in [0.25, 0.3) is 0 Å². The van der Waals surface area contributed by atoms with Gasteiger partial charge in [-0.1, -0.05) is 20.8 Å². The van der Waals surface area contributed by atoms with E-state index >= 15 is 0 Å². The SMILES string of the molecule is CCN(CC(C)C)C[B-](F)(F)F.[K+]. The average molecular weight is 221 g/mol. The molecule has 0 atom stereocenters. The van der Waals surface area contributed by atoms with E-state index in [2.05, 4.69) is 0 Å². The van der Waals surface area contributed by atoms with Crippen molar-refractivity contribution in [3.05, 3.63) is 0 Å². The van der Waals surface area contributed by atoms with Crippen molar-refractivity contribution in [1.82, 2.24) is 4.90 Å². The van der Waals surface area contributed by atoms with E-state index in [0.29, 0.717) is 19.0 Å². The Morgan fingerprint density at radius 1 is 1.23 bits per heavy atom. The van der Waals surface area contributed by atoms with E-state index in [4.69, 9.17) is 0 Å². The average Bonchev–Trinajstić information content (AvgIpc) is 1.82. The number of hydrogen-bond donors (Lipinski definition) is 0. The summed E-state index contributed by atoms with van der Waals surface area (Å²) in [5.41, 5.74) is 0. The third kappa shape index (κ3) is 11.4. The molecule has 0 aromatic rings. The molecule has 0 saturated heterocycles. The summed E-state index contributed by atoms with van der Waals surface area (Å²) in [6, 6.07) is 0. The predicted octanol–water partition coefficient (Wildman–Crippen LogP) is -0.645. The van der Waals surface area contributed by atoms with Crippen LogP contribution in [0.2, 0.25) is 0 Å². The Morgan fingerprint density at radius 3 is 1.92 bits per heavy atom. The summed E-state index contributed by atoms with van der Waals surface area (Å²) in [4.78, 5) is 1.44. The molecule has 0 aromatic carbocycles. The normalized spacial score (nSPS) is 12.0. The van der Waals surface area contributed by atoms with Gasteiger partial charge in [-0.15, -0.1) is 0 Å². The van der Waals surface area contributed by atoms with Gasteiger partial charge >= 0.3 is 58.4 Å². The third-order valence-electron chi connectivity index (χ3n) is 1.54. The van der Waals surface area contributed by atoms with Crippen molar-refractivity contribution in [2.75, 3.05) is 19.5 Å². The number of rotatable bonds is 5. The number of nitrogens with zero attached hydrogens (tertiary/aromatic N) is 1. The van der Waals surface area contributed by atoms with E-state index in [9.17, 15) is 12.9 Å². The summed E-state index contributed by atoms with van der Waals surface area (Å²) in [6.07, 6.45) is -0.728. The van der Waals surface area contributed by atoms with Crippen LogP contribution in [0, 0.1) is 5.92 Å². The van der Waals surface area contributed by atoms with Crippen molar-refractivity contribution in [3.63, 3.8) is 0 Å². The topological polar surface area (TPSA) is 3.24 Å². The van der Waals surface area contributed by atoms with Gasteiger partial charge in [0, 0.05) is 0 Å². The molecular formula is C7H16BF3KN. The van der Waals surface area contributed by atoms with E-state index in [1.165, 1.54) is 4.90 Å². The molecule has 13 heavy (non-hydrogen) atoms. The second kappa shape index (κ2) is 7.71. The van der Waals surface area contributed by atoms with Crippen molar-refractivity contribution in [3.8, 4) is 0 Å². The largest absolute Gasteiger partial charge is 1.00 e. The minimum Gasteiger partial charge on any atom is -0.448 e. The van der Waals surface area contributed by atoms with Gasteiger partial charge in [0.1, 0.15) is 0 Å². The fourth-order valence-electron chi connectivity index (χ4n) is 1.14. The second-order valence-corrected chi connectivity index (χ2v) is 3.46. The summed E-state index contributed by atoms with van der Waals surface area (Å²) >= 11 is 0. The molecule has 0 aliphatic heterocycles. The molecule has 0 radical (unpaired) electrons. The molecule has 0 rings (SSSR count). The molecule has 0 aliphatic carbocycles. The molecule has 0 bridgehead atoms. The minimum absolute atomic E-state index is 0. The molecular weight excluding hydrogens is 205 g/mol. The monoisotopic (exact) mass is 221 g/mol. The second-order valence-electron chi connectivity index (χ2n) is 3.46. The van der Waals surface area contributed by atoms with Crippen LogP contribution < -0.4 is 51.4 Å². The van der Waals surface area contributed by atoms with Crippen LogP contribution in [0.4, 0.5) is 12.9 Å². The van der Waals surface area contributed by atoms with Crippen LogP contribution in [0.15, 0.2) is 0 Å². The minimum atomic E-state index is -4.66. The van der Waals surface area contributed by atoms with Crippen LogP contribution in [0.1, 0.15) is 20.8 Å². The maximum atomic E-state index is 12.0. The van der Waals surface area contributed by atoms with Crippen molar-refractivity contribution in [2.24, 2.45) is 5.92 Å². The molecule has 0 N–H and O–H groups in total. The molecule has 0 unspecified atom stereocenters. The smallest absolute Gasteiger partial charge is 0.448 e. The quantitative estimate of drug-likeness (QED) is 0.558. The standard InChI is InChI=1S/C7H16BF3N.K/c1-4-12(5-7(2)3)6-8(9,10)11;/h7H,4-6H2,1-3H3;/q-1;+1. The summed E-state index contributed by atoms with van der Waals surface area (Å²) < 4.78 is 35.9. The van der Waals surface area contributed by atoms with Gasteiger partial charge in [0.05, 0.1) is 0 Å². The first-order valence-corrected chi connectivity index (χ1v) is 4.28. The van der Waals surface area contributed by atoms with Crippen molar-refractivity contribution in [1.29, 1.82) is 0 Å². The van der Waals surface area contributed by atoms with Gasteiger partial charge < -0.3 is 17.8 Å². The molecule has 0 saturated carbocycles. The molecule has 74 valence electrons. The van der Waals surface area contributed by atoms with Gasteiger partial charge in [-0.3, -0.25) is 0 Å². The zero-order valence-electron chi connectivity index (χ0n) is 8.86. The summed E-state index contributed by atoms with van der Waals surface area (Å²) in [6.45, 7) is 1.94. The van der Waals surface area contributed by atoms with Crippen molar-refractivity contribution in [2.45, 2.75) is 20.8 Å². The van der Waals surface area contributed by atoms with Crippen LogP contribution in [-0.4, -0.2) is 31.4 Å². The van der Waals surface area contributed by atoms with Crippen LogP contribution in [0.25, 0.3) is 0 Å². The summed E-state index contributed by atoms with van der Waals surface area (Å²) in [7, 11) is 0. The van der Waals surface area contributed by atoms with Crippen LogP contribution >= 0.6 is 0 Å². The first-order chi connectivity index (χ1) is 5.35. The van der Waals surface area contributed by atoms with Crippen molar-refractivity contribution < 1.29 is 64.3 Å². The predicted molar refractivity (Wildman–Crippen MR) is 46.0 cm³/mol. The van der Waals surface area contributed by atoms with Gasteiger partial charge in [-0.05, 0) is 25.5 Å². The van der Waals surface area contributed by atoms with E-state index in [1.807, 2.05) is 13.8 Å². The Kier molecular flexibility index (Phi) is 10.00. The molecule has 0 aromatic heterocycles. The molecule has 0 heterocycles. The van der Waals surface area contributed by atoms with E-state index in [-0.39, 0.29) is 51.4 Å². The molecule has 0 amide bonds. The number of halogens is 3. The first-order valence-electron chi connectivity index (χ1n) is 4.28. The van der Waals surface area contributed by atoms with Gasteiger partial charge in [-0.2, -0.15) is 0 Å². The van der Waals surface area contributed by atoms with E-state index in [0.717, 1.165) is 0 Å².